The first-order valence-electron chi connectivity index (χ1n) is 15.8. The van der Waals surface area contributed by atoms with Crippen LogP contribution in [-0.2, 0) is 0 Å². The molecule has 1 aliphatic rings. The topological polar surface area (TPSA) is 41.9 Å². The van der Waals surface area contributed by atoms with E-state index in [9.17, 15) is 0 Å². The Morgan fingerprint density at radius 2 is 0.894 bits per heavy atom. The number of hydrogen-bond acceptors (Lipinski definition) is 4. The Kier molecular flexibility index (Phi) is 6.43. The number of para-hydroxylation sites is 1. The van der Waals surface area contributed by atoms with Gasteiger partial charge in [0.05, 0.1) is 34.0 Å². The van der Waals surface area contributed by atoms with E-state index < -0.39 is 0 Å². The molecule has 0 bridgehead atoms. The van der Waals surface area contributed by atoms with Crippen LogP contribution in [0.5, 0.6) is 0 Å². The highest BCUT2D eigenvalue weighted by Crippen LogP contribution is 2.51. The lowest BCUT2D eigenvalue weighted by atomic mass is 9.91. The summed E-state index contributed by atoms with van der Waals surface area (Å²) in [5, 5.41) is 1.14. The Morgan fingerprint density at radius 3 is 1.55 bits per heavy atom. The smallest absolute Gasteiger partial charge is 0.160 e. The first-order valence-corrected chi connectivity index (χ1v) is 15.8. The molecule has 0 atom stereocenters. The summed E-state index contributed by atoms with van der Waals surface area (Å²) in [4.78, 5) is 17.7. The van der Waals surface area contributed by atoms with Crippen molar-refractivity contribution in [1.29, 1.82) is 0 Å². The molecule has 0 aliphatic carbocycles. The summed E-state index contributed by atoms with van der Waals surface area (Å²) in [6.45, 7) is 0. The molecule has 0 fully saturated rings. The van der Waals surface area contributed by atoms with Crippen molar-refractivity contribution in [3.8, 4) is 56.3 Å². The highest BCUT2D eigenvalue weighted by atomic mass is 15.2. The molecule has 6 aromatic carbocycles. The van der Waals surface area contributed by atoms with Gasteiger partial charge in [0.15, 0.2) is 5.82 Å². The highest BCUT2D eigenvalue weighted by Gasteiger charge is 2.27. The maximum absolute atomic E-state index is 5.15. The van der Waals surface area contributed by atoms with Crippen LogP contribution in [-0.4, -0.2) is 15.0 Å². The lowest BCUT2D eigenvalue weighted by Crippen LogP contribution is -2.15. The van der Waals surface area contributed by atoms with Gasteiger partial charge in [0.25, 0.3) is 0 Å². The van der Waals surface area contributed by atoms with E-state index in [1.807, 2.05) is 42.5 Å². The first kappa shape index (κ1) is 27.0. The fourth-order valence-corrected chi connectivity index (χ4v) is 6.60. The molecule has 8 aromatic rings. The van der Waals surface area contributed by atoms with Crippen molar-refractivity contribution >= 4 is 28.0 Å². The van der Waals surface area contributed by atoms with Crippen LogP contribution < -0.4 is 4.90 Å². The normalized spacial score (nSPS) is 11.8. The third-order valence-electron chi connectivity index (χ3n) is 8.79. The predicted octanol–water partition coefficient (Wildman–Crippen LogP) is 11.1. The number of pyridine rings is 1. The Bertz CT molecular complexity index is 2350. The van der Waals surface area contributed by atoms with E-state index >= 15 is 0 Å². The molecular weight excluding hydrogens is 573 g/mol. The minimum Gasteiger partial charge on any atom is -0.309 e. The van der Waals surface area contributed by atoms with Crippen molar-refractivity contribution in [2.45, 2.75) is 0 Å². The van der Waals surface area contributed by atoms with Gasteiger partial charge in [0, 0.05) is 38.9 Å². The Hall–Kier alpha value is -6.39. The van der Waals surface area contributed by atoms with E-state index in [0.717, 1.165) is 67.3 Å². The summed E-state index contributed by atoms with van der Waals surface area (Å²) in [5.41, 5.74) is 13.5. The molecule has 9 rings (SSSR count). The zero-order chi connectivity index (χ0) is 31.2. The monoisotopic (exact) mass is 600 g/mol. The zero-order valence-corrected chi connectivity index (χ0v) is 25.5. The van der Waals surface area contributed by atoms with Crippen LogP contribution >= 0.6 is 0 Å². The van der Waals surface area contributed by atoms with E-state index in [-0.39, 0.29) is 0 Å². The van der Waals surface area contributed by atoms with E-state index in [1.165, 1.54) is 11.1 Å². The summed E-state index contributed by atoms with van der Waals surface area (Å²) in [6, 6.07) is 58.9. The molecule has 220 valence electrons. The second kappa shape index (κ2) is 11.2. The molecule has 0 radical (unpaired) electrons. The van der Waals surface area contributed by atoms with Gasteiger partial charge in [0.2, 0.25) is 0 Å². The zero-order valence-electron chi connectivity index (χ0n) is 25.5. The van der Waals surface area contributed by atoms with Gasteiger partial charge in [-0.25, -0.2) is 15.0 Å². The van der Waals surface area contributed by atoms with Crippen LogP contribution in [0, 0.1) is 0 Å². The van der Waals surface area contributed by atoms with Crippen LogP contribution in [0.1, 0.15) is 0 Å². The standard InChI is InChI=1S/C43H28N4/c1-4-14-29(15-5-1)37-27-35-34-22-10-11-24-40(34)47(41-25-13-23-36(44-37)42(35)41)33-21-12-20-32(26-33)43-45-38(30-16-6-2-7-17-30)28-39(46-43)31-18-8-3-9-19-31/h1-28H. The molecule has 0 spiro atoms. The third kappa shape index (κ3) is 4.75. The van der Waals surface area contributed by atoms with E-state index in [2.05, 4.69) is 132 Å². The largest absolute Gasteiger partial charge is 0.309 e. The third-order valence-corrected chi connectivity index (χ3v) is 8.79. The second-order valence-corrected chi connectivity index (χ2v) is 11.7. The molecule has 4 nitrogen and oxygen atoms in total. The van der Waals surface area contributed by atoms with Gasteiger partial charge in [-0.3, -0.25) is 0 Å². The van der Waals surface area contributed by atoms with E-state index in [1.54, 1.807) is 0 Å². The van der Waals surface area contributed by atoms with Gasteiger partial charge < -0.3 is 4.90 Å². The average molecular weight is 601 g/mol. The lowest BCUT2D eigenvalue weighted by molar-refractivity contribution is 1.18. The molecule has 47 heavy (non-hydrogen) atoms. The van der Waals surface area contributed by atoms with E-state index in [4.69, 9.17) is 15.0 Å². The summed E-state index contributed by atoms with van der Waals surface area (Å²) < 4.78 is 0. The Balaban J connectivity index is 1.22. The van der Waals surface area contributed by atoms with Crippen LogP contribution in [0.25, 0.3) is 67.2 Å². The highest BCUT2D eigenvalue weighted by molar-refractivity contribution is 6.13. The molecule has 0 saturated heterocycles. The fraction of sp³-hybridized carbons (Fsp3) is 0. The van der Waals surface area contributed by atoms with Crippen LogP contribution in [0.15, 0.2) is 170 Å². The molecule has 0 amide bonds. The fourth-order valence-electron chi connectivity index (χ4n) is 6.60. The average Bonchev–Trinajstić information content (AvgIpc) is 3.16. The van der Waals surface area contributed by atoms with Gasteiger partial charge >= 0.3 is 0 Å². The maximum atomic E-state index is 5.15. The summed E-state index contributed by atoms with van der Waals surface area (Å²) in [7, 11) is 0. The predicted molar refractivity (Wildman–Crippen MR) is 193 cm³/mol. The van der Waals surface area contributed by atoms with Crippen molar-refractivity contribution < 1.29 is 0 Å². The number of benzene rings is 6. The molecular formula is C43H28N4. The number of rotatable bonds is 5. The molecule has 1 aliphatic heterocycles. The maximum Gasteiger partial charge on any atom is 0.160 e. The quantitative estimate of drug-likeness (QED) is 0.197. The van der Waals surface area contributed by atoms with Crippen molar-refractivity contribution in [2.24, 2.45) is 0 Å². The van der Waals surface area contributed by atoms with Crippen LogP contribution in [0.2, 0.25) is 0 Å². The van der Waals surface area contributed by atoms with Crippen molar-refractivity contribution in [3.05, 3.63) is 170 Å². The van der Waals surface area contributed by atoms with Gasteiger partial charge in [-0.1, -0.05) is 127 Å². The van der Waals surface area contributed by atoms with Gasteiger partial charge in [-0.05, 0) is 48.0 Å². The number of anilines is 3. The molecule has 0 unspecified atom stereocenters. The molecule has 2 aromatic heterocycles. The molecule has 4 heteroatoms. The van der Waals surface area contributed by atoms with Crippen molar-refractivity contribution in [2.75, 3.05) is 4.90 Å². The SMILES string of the molecule is c1ccc(-c2cc(-c3ccccc3)nc(-c3cccc(N4c5ccccc5-c5cc(-c6ccccc6)nc6cccc4c56)c3)n2)cc1. The first-order chi connectivity index (χ1) is 23.3. The van der Waals surface area contributed by atoms with Crippen molar-refractivity contribution in [1.82, 2.24) is 15.0 Å². The molecule has 3 heterocycles. The molecule has 0 N–H and O–H groups in total. The summed E-state index contributed by atoms with van der Waals surface area (Å²) >= 11 is 0. The van der Waals surface area contributed by atoms with Gasteiger partial charge in [0.1, 0.15) is 0 Å². The summed E-state index contributed by atoms with van der Waals surface area (Å²) in [5.74, 6) is 0.685. The Morgan fingerprint density at radius 1 is 0.362 bits per heavy atom. The number of fused-ring (bicyclic) bond motifs is 2. The second-order valence-electron chi connectivity index (χ2n) is 11.7. The summed E-state index contributed by atoms with van der Waals surface area (Å²) in [6.07, 6.45) is 0. The molecule has 0 saturated carbocycles. The van der Waals surface area contributed by atoms with E-state index in [0.29, 0.717) is 5.82 Å². The minimum absolute atomic E-state index is 0.685. The lowest BCUT2D eigenvalue weighted by Gasteiger charge is -2.33. The number of hydrogen-bond donors (Lipinski definition) is 0. The Labute approximate surface area is 273 Å². The van der Waals surface area contributed by atoms with Gasteiger partial charge in [-0.15, -0.1) is 0 Å². The number of aromatic nitrogens is 3. The van der Waals surface area contributed by atoms with Crippen LogP contribution in [0.3, 0.4) is 0 Å². The van der Waals surface area contributed by atoms with Crippen molar-refractivity contribution in [3.63, 3.8) is 0 Å². The van der Waals surface area contributed by atoms with Gasteiger partial charge in [-0.2, -0.15) is 0 Å². The minimum atomic E-state index is 0.685. The van der Waals surface area contributed by atoms with Crippen LogP contribution in [0.4, 0.5) is 17.1 Å². The number of nitrogens with zero attached hydrogens (tertiary/aromatic N) is 4.